The van der Waals surface area contributed by atoms with Gasteiger partial charge in [0.15, 0.2) is 0 Å². The molecule has 1 aromatic carbocycles. The molecule has 3 nitrogen and oxygen atoms in total. The van der Waals surface area contributed by atoms with Gasteiger partial charge in [-0.05, 0) is 20.0 Å². The maximum atomic E-state index is 10.3. The van der Waals surface area contributed by atoms with E-state index in [1.807, 2.05) is 24.3 Å². The minimum absolute atomic E-state index is 0.193. The lowest BCUT2D eigenvalue weighted by Crippen LogP contribution is -2.43. The van der Waals surface area contributed by atoms with Crippen molar-refractivity contribution in [3.63, 3.8) is 0 Å². The molecular formula is C14H19NO2. The summed E-state index contributed by atoms with van der Waals surface area (Å²) in [6.07, 6.45) is 1.31. The lowest BCUT2D eigenvalue weighted by molar-refractivity contribution is -0.00607. The SMILES string of the molecule is CC1CC2(CC(O)c3ccccc3O2)CN1C. The largest absolute Gasteiger partial charge is 0.485 e. The third kappa shape index (κ3) is 1.74. The van der Waals surface area contributed by atoms with Crippen LogP contribution >= 0.6 is 0 Å². The molecule has 17 heavy (non-hydrogen) atoms. The highest BCUT2D eigenvalue weighted by Crippen LogP contribution is 2.44. The van der Waals surface area contributed by atoms with E-state index < -0.39 is 6.10 Å². The second kappa shape index (κ2) is 3.72. The first-order valence-electron chi connectivity index (χ1n) is 6.26. The molecule has 1 spiro atoms. The zero-order valence-corrected chi connectivity index (χ0v) is 10.4. The van der Waals surface area contributed by atoms with E-state index >= 15 is 0 Å². The van der Waals surface area contributed by atoms with Crippen LogP contribution in [0.25, 0.3) is 0 Å². The fraction of sp³-hybridized carbons (Fsp3) is 0.571. The molecule has 0 aromatic heterocycles. The van der Waals surface area contributed by atoms with E-state index in [2.05, 4.69) is 18.9 Å². The number of likely N-dealkylation sites (tertiary alicyclic amines) is 1. The normalized spacial score (nSPS) is 36.9. The molecule has 3 atom stereocenters. The van der Waals surface area contributed by atoms with E-state index in [0.717, 1.165) is 24.3 Å². The Morgan fingerprint density at radius 3 is 2.82 bits per heavy atom. The highest BCUT2D eigenvalue weighted by Gasteiger charge is 2.47. The van der Waals surface area contributed by atoms with Crippen LogP contribution in [0.1, 0.15) is 31.4 Å². The number of rotatable bonds is 0. The average molecular weight is 233 g/mol. The van der Waals surface area contributed by atoms with Gasteiger partial charge in [-0.2, -0.15) is 0 Å². The van der Waals surface area contributed by atoms with Crippen molar-refractivity contribution in [2.45, 2.75) is 37.5 Å². The van der Waals surface area contributed by atoms with Gasteiger partial charge in [0.1, 0.15) is 11.4 Å². The van der Waals surface area contributed by atoms with E-state index in [1.54, 1.807) is 0 Å². The van der Waals surface area contributed by atoms with Gasteiger partial charge in [-0.25, -0.2) is 0 Å². The zero-order valence-electron chi connectivity index (χ0n) is 10.4. The summed E-state index contributed by atoms with van der Waals surface area (Å²) in [6, 6.07) is 8.35. The van der Waals surface area contributed by atoms with Crippen LogP contribution in [0.5, 0.6) is 5.75 Å². The third-order valence-corrected chi connectivity index (χ3v) is 4.13. The minimum atomic E-state index is -0.390. The highest BCUT2D eigenvalue weighted by atomic mass is 16.5. The van der Waals surface area contributed by atoms with E-state index in [9.17, 15) is 5.11 Å². The third-order valence-electron chi connectivity index (χ3n) is 4.13. The van der Waals surface area contributed by atoms with Crippen molar-refractivity contribution in [2.24, 2.45) is 0 Å². The molecule has 1 aromatic rings. The van der Waals surface area contributed by atoms with E-state index in [1.165, 1.54) is 0 Å². The van der Waals surface area contributed by atoms with Crippen molar-refractivity contribution < 1.29 is 9.84 Å². The van der Waals surface area contributed by atoms with Gasteiger partial charge in [0.05, 0.1) is 6.10 Å². The summed E-state index contributed by atoms with van der Waals surface area (Å²) in [7, 11) is 2.12. The van der Waals surface area contributed by atoms with Crippen molar-refractivity contribution in [3.8, 4) is 5.75 Å². The van der Waals surface area contributed by atoms with E-state index in [4.69, 9.17) is 4.74 Å². The summed E-state index contributed by atoms with van der Waals surface area (Å²) in [6.45, 7) is 3.12. The zero-order chi connectivity index (χ0) is 12.0. The van der Waals surface area contributed by atoms with Crippen molar-refractivity contribution in [1.29, 1.82) is 0 Å². The predicted octanol–water partition coefficient (Wildman–Crippen LogP) is 1.97. The maximum Gasteiger partial charge on any atom is 0.126 e. The number of hydrogen-bond donors (Lipinski definition) is 1. The second-order valence-electron chi connectivity index (χ2n) is 5.51. The fourth-order valence-electron chi connectivity index (χ4n) is 3.18. The Balaban J connectivity index is 1.94. The van der Waals surface area contributed by atoms with Crippen molar-refractivity contribution in [3.05, 3.63) is 29.8 Å². The molecule has 3 unspecified atom stereocenters. The Labute approximate surface area is 102 Å². The molecule has 0 amide bonds. The molecule has 0 aliphatic carbocycles. The van der Waals surface area contributed by atoms with Crippen LogP contribution in [0.4, 0.5) is 0 Å². The van der Waals surface area contributed by atoms with Crippen molar-refractivity contribution >= 4 is 0 Å². The number of hydrogen-bond acceptors (Lipinski definition) is 3. The highest BCUT2D eigenvalue weighted by molar-refractivity contribution is 5.38. The molecule has 0 bridgehead atoms. The predicted molar refractivity (Wildman–Crippen MR) is 66.1 cm³/mol. The number of nitrogens with zero attached hydrogens (tertiary/aromatic N) is 1. The van der Waals surface area contributed by atoms with Gasteiger partial charge in [0.25, 0.3) is 0 Å². The Hall–Kier alpha value is -1.06. The quantitative estimate of drug-likeness (QED) is 0.743. The fourth-order valence-corrected chi connectivity index (χ4v) is 3.18. The van der Waals surface area contributed by atoms with Crippen LogP contribution in [-0.2, 0) is 0 Å². The van der Waals surface area contributed by atoms with Crippen LogP contribution in [0.3, 0.4) is 0 Å². The van der Waals surface area contributed by atoms with Crippen LogP contribution in [0.2, 0.25) is 0 Å². The number of aliphatic hydroxyl groups excluding tert-OH is 1. The lowest BCUT2D eigenvalue weighted by atomic mass is 9.87. The number of fused-ring (bicyclic) bond motifs is 1. The lowest BCUT2D eigenvalue weighted by Gasteiger charge is -2.38. The Bertz CT molecular complexity index is 422. The van der Waals surface area contributed by atoms with Crippen LogP contribution in [-0.4, -0.2) is 35.2 Å². The van der Waals surface area contributed by atoms with Crippen molar-refractivity contribution in [2.75, 3.05) is 13.6 Å². The Morgan fingerprint density at radius 2 is 2.12 bits per heavy atom. The monoisotopic (exact) mass is 233 g/mol. The smallest absolute Gasteiger partial charge is 0.126 e. The first-order valence-corrected chi connectivity index (χ1v) is 6.26. The summed E-state index contributed by atoms with van der Waals surface area (Å²) in [4.78, 5) is 2.31. The number of likely N-dealkylation sites (N-methyl/N-ethyl adjacent to an activating group) is 1. The van der Waals surface area contributed by atoms with Gasteiger partial charge in [-0.3, -0.25) is 4.90 Å². The standard InChI is InChI=1S/C14H19NO2/c1-10-7-14(9-15(10)2)8-12(16)11-5-3-4-6-13(11)17-14/h3-6,10,12,16H,7-9H2,1-2H3. The summed E-state index contributed by atoms with van der Waals surface area (Å²) in [5.41, 5.74) is 0.738. The molecule has 3 rings (SSSR count). The Morgan fingerprint density at radius 1 is 1.35 bits per heavy atom. The summed E-state index contributed by atoms with van der Waals surface area (Å²) in [5.74, 6) is 0.855. The van der Waals surface area contributed by atoms with E-state index in [-0.39, 0.29) is 5.60 Å². The van der Waals surface area contributed by atoms with Gasteiger partial charge >= 0.3 is 0 Å². The molecule has 0 saturated carbocycles. The topological polar surface area (TPSA) is 32.7 Å². The summed E-state index contributed by atoms with van der Waals surface area (Å²) >= 11 is 0. The molecule has 1 saturated heterocycles. The van der Waals surface area contributed by atoms with Gasteiger partial charge in [-0.1, -0.05) is 18.2 Å². The van der Waals surface area contributed by atoms with Gasteiger partial charge < -0.3 is 9.84 Å². The molecule has 3 heteroatoms. The van der Waals surface area contributed by atoms with Crippen LogP contribution < -0.4 is 4.74 Å². The van der Waals surface area contributed by atoms with E-state index in [0.29, 0.717) is 12.5 Å². The number of aliphatic hydroxyl groups is 1. The van der Waals surface area contributed by atoms with Gasteiger partial charge in [-0.15, -0.1) is 0 Å². The Kier molecular flexibility index (Phi) is 2.42. The van der Waals surface area contributed by atoms with Crippen LogP contribution in [0.15, 0.2) is 24.3 Å². The number of ether oxygens (including phenoxy) is 1. The molecule has 1 N–H and O–H groups in total. The first kappa shape index (κ1) is 11.1. The molecule has 0 radical (unpaired) electrons. The number of benzene rings is 1. The van der Waals surface area contributed by atoms with Crippen molar-refractivity contribution in [1.82, 2.24) is 4.90 Å². The van der Waals surface area contributed by atoms with Crippen LogP contribution in [0, 0.1) is 0 Å². The van der Waals surface area contributed by atoms with Gasteiger partial charge in [0, 0.05) is 31.0 Å². The average Bonchev–Trinajstić information content (AvgIpc) is 2.53. The molecule has 2 aliphatic rings. The molecule has 1 fully saturated rings. The molecular weight excluding hydrogens is 214 g/mol. The summed E-state index contributed by atoms with van der Waals surface area (Å²) in [5, 5.41) is 10.3. The molecule has 2 aliphatic heterocycles. The first-order chi connectivity index (χ1) is 8.10. The van der Waals surface area contributed by atoms with Gasteiger partial charge in [0.2, 0.25) is 0 Å². The molecule has 2 heterocycles. The summed E-state index contributed by atoms with van der Waals surface area (Å²) < 4.78 is 6.19. The molecule has 92 valence electrons. The maximum absolute atomic E-state index is 10.3. The minimum Gasteiger partial charge on any atom is -0.485 e. The second-order valence-corrected chi connectivity index (χ2v) is 5.51. The number of para-hydroxylation sites is 1.